The van der Waals surface area contributed by atoms with Gasteiger partial charge in [-0.1, -0.05) is 11.6 Å². The van der Waals surface area contributed by atoms with E-state index in [4.69, 9.17) is 35.3 Å². The summed E-state index contributed by atoms with van der Waals surface area (Å²) in [6, 6.07) is 7.27. The van der Waals surface area contributed by atoms with Gasteiger partial charge in [-0.3, -0.25) is 10.1 Å². The molecule has 2 aromatic carbocycles. The number of imide groups is 1. The summed E-state index contributed by atoms with van der Waals surface area (Å²) in [4.78, 5) is 35.9. The van der Waals surface area contributed by atoms with E-state index in [-0.39, 0.29) is 0 Å². The Hall–Kier alpha value is -3.92. The van der Waals surface area contributed by atoms with Crippen LogP contribution in [0.3, 0.4) is 0 Å². The van der Waals surface area contributed by atoms with E-state index in [0.717, 1.165) is 6.08 Å². The third kappa shape index (κ3) is 6.79. The second-order valence-electron chi connectivity index (χ2n) is 6.77. The van der Waals surface area contributed by atoms with E-state index in [1.54, 1.807) is 30.3 Å². The van der Waals surface area contributed by atoms with Crippen molar-refractivity contribution in [3.8, 4) is 23.0 Å². The van der Waals surface area contributed by atoms with Crippen molar-refractivity contribution in [1.82, 2.24) is 5.32 Å². The first kappa shape index (κ1) is 24.7. The average Bonchev–Trinajstić information content (AvgIpc) is 2.81. The molecular formula is C23H23ClN2O8. The van der Waals surface area contributed by atoms with Gasteiger partial charge in [-0.2, -0.15) is 0 Å². The molecule has 0 saturated heterocycles. The van der Waals surface area contributed by atoms with E-state index in [2.05, 4.69) is 10.6 Å². The Morgan fingerprint density at radius 2 is 1.88 bits per heavy atom. The van der Waals surface area contributed by atoms with Crippen LogP contribution in [-0.2, 0) is 14.3 Å². The Kier molecular flexibility index (Phi) is 8.58. The predicted molar refractivity (Wildman–Crippen MR) is 124 cm³/mol. The molecule has 180 valence electrons. The largest absolute Gasteiger partial charge is 0.491 e. The first-order valence-corrected chi connectivity index (χ1v) is 10.6. The van der Waals surface area contributed by atoms with Crippen molar-refractivity contribution in [2.24, 2.45) is 0 Å². The third-order valence-electron chi connectivity index (χ3n) is 4.35. The standard InChI is InChI=1S/C23H23ClN2O8/c1-3-31-19-11-14(10-16(24)22(19)30-2)4-7-21(28)34-13-20(27)26-23(29)25-15-5-6-17-18(12-15)33-9-8-32-17/h4-7,10-12H,3,8-9,13H2,1-2H3,(H2,25,26,27,29). The van der Waals surface area contributed by atoms with Crippen LogP contribution in [-0.4, -0.2) is 51.4 Å². The van der Waals surface area contributed by atoms with Crippen molar-refractivity contribution in [1.29, 1.82) is 0 Å². The number of esters is 1. The lowest BCUT2D eigenvalue weighted by Crippen LogP contribution is -2.37. The second kappa shape index (κ2) is 11.8. The number of benzene rings is 2. The first-order chi connectivity index (χ1) is 16.4. The molecule has 0 unspecified atom stereocenters. The highest BCUT2D eigenvalue weighted by molar-refractivity contribution is 6.32. The summed E-state index contributed by atoms with van der Waals surface area (Å²) in [5.74, 6) is 0.278. The zero-order valence-electron chi connectivity index (χ0n) is 18.5. The lowest BCUT2D eigenvalue weighted by Gasteiger charge is -2.19. The van der Waals surface area contributed by atoms with Crippen LogP contribution in [0.1, 0.15) is 12.5 Å². The van der Waals surface area contributed by atoms with Crippen LogP contribution < -0.4 is 29.6 Å². The number of amides is 3. The van der Waals surface area contributed by atoms with Crippen LogP contribution in [0.15, 0.2) is 36.4 Å². The highest BCUT2D eigenvalue weighted by atomic mass is 35.5. The SMILES string of the molecule is CCOc1cc(C=CC(=O)OCC(=O)NC(=O)Nc2ccc3c(c2)OCCO3)cc(Cl)c1OC. The minimum absolute atomic E-state index is 0.310. The normalized spacial score (nSPS) is 12.1. The van der Waals surface area contributed by atoms with Crippen molar-refractivity contribution in [2.75, 3.05) is 38.9 Å². The van der Waals surface area contributed by atoms with Crippen LogP contribution in [0.4, 0.5) is 10.5 Å². The molecule has 0 saturated carbocycles. The third-order valence-corrected chi connectivity index (χ3v) is 4.63. The van der Waals surface area contributed by atoms with E-state index in [9.17, 15) is 14.4 Å². The molecule has 0 aromatic heterocycles. The van der Waals surface area contributed by atoms with E-state index < -0.39 is 24.5 Å². The van der Waals surface area contributed by atoms with Gasteiger partial charge in [-0.25, -0.2) is 9.59 Å². The van der Waals surface area contributed by atoms with Crippen LogP contribution in [0, 0.1) is 0 Å². The Balaban J connectivity index is 1.47. The summed E-state index contributed by atoms with van der Waals surface area (Å²) in [6.45, 7) is 2.42. The van der Waals surface area contributed by atoms with Gasteiger partial charge in [0.25, 0.3) is 5.91 Å². The molecule has 3 rings (SSSR count). The fourth-order valence-corrected chi connectivity index (χ4v) is 3.24. The Morgan fingerprint density at radius 3 is 2.62 bits per heavy atom. The van der Waals surface area contributed by atoms with E-state index in [0.29, 0.717) is 59.1 Å². The number of halogens is 1. The number of methoxy groups -OCH3 is 1. The maximum atomic E-state index is 12.0. The summed E-state index contributed by atoms with van der Waals surface area (Å²) < 4.78 is 26.4. The van der Waals surface area contributed by atoms with Crippen molar-refractivity contribution in [2.45, 2.75) is 6.92 Å². The fourth-order valence-electron chi connectivity index (χ4n) is 2.94. The lowest BCUT2D eigenvalue weighted by molar-refractivity contribution is -0.143. The predicted octanol–water partition coefficient (Wildman–Crippen LogP) is 3.42. The van der Waals surface area contributed by atoms with Gasteiger partial charge in [-0.05, 0) is 42.8 Å². The van der Waals surface area contributed by atoms with Gasteiger partial charge >= 0.3 is 12.0 Å². The zero-order chi connectivity index (χ0) is 24.5. The molecular weight excluding hydrogens is 468 g/mol. The smallest absolute Gasteiger partial charge is 0.331 e. The van der Waals surface area contributed by atoms with Crippen molar-refractivity contribution in [3.63, 3.8) is 0 Å². The number of carbonyl (C=O) groups excluding carboxylic acids is 3. The molecule has 0 spiro atoms. The number of hydrogen-bond acceptors (Lipinski definition) is 8. The van der Waals surface area contributed by atoms with E-state index in [1.807, 2.05) is 6.92 Å². The van der Waals surface area contributed by atoms with Gasteiger partial charge in [0, 0.05) is 17.8 Å². The Morgan fingerprint density at radius 1 is 1.12 bits per heavy atom. The van der Waals surface area contributed by atoms with Gasteiger partial charge in [0.1, 0.15) is 13.2 Å². The average molecular weight is 491 g/mol. The van der Waals surface area contributed by atoms with Gasteiger partial charge in [-0.15, -0.1) is 0 Å². The molecule has 10 nitrogen and oxygen atoms in total. The second-order valence-corrected chi connectivity index (χ2v) is 7.18. The summed E-state index contributed by atoms with van der Waals surface area (Å²) in [6.07, 6.45) is 2.57. The highest BCUT2D eigenvalue weighted by Gasteiger charge is 2.15. The molecule has 0 fully saturated rings. The van der Waals surface area contributed by atoms with E-state index in [1.165, 1.54) is 13.2 Å². The topological polar surface area (TPSA) is 121 Å². The number of ether oxygens (including phenoxy) is 5. The van der Waals surface area contributed by atoms with Gasteiger partial charge < -0.3 is 29.0 Å². The minimum atomic E-state index is -0.803. The summed E-state index contributed by atoms with van der Waals surface area (Å²) in [5.41, 5.74) is 0.966. The molecule has 11 heteroatoms. The molecule has 0 aliphatic carbocycles. The summed E-state index contributed by atoms with van der Waals surface area (Å²) in [5, 5.41) is 4.87. The van der Waals surface area contributed by atoms with Crippen LogP contribution in [0.2, 0.25) is 5.02 Å². The number of nitrogens with one attached hydrogen (secondary N) is 2. The molecule has 2 aromatic rings. The van der Waals surface area contributed by atoms with Crippen LogP contribution >= 0.6 is 11.6 Å². The molecule has 0 bridgehead atoms. The lowest BCUT2D eigenvalue weighted by atomic mass is 10.2. The molecule has 1 aliphatic rings. The first-order valence-electron chi connectivity index (χ1n) is 10.2. The number of rotatable bonds is 8. The highest BCUT2D eigenvalue weighted by Crippen LogP contribution is 2.36. The number of carbonyl (C=O) groups is 3. The maximum absolute atomic E-state index is 12.0. The molecule has 1 aliphatic heterocycles. The van der Waals surface area contributed by atoms with E-state index >= 15 is 0 Å². The fraction of sp³-hybridized carbons (Fsp3) is 0.261. The summed E-state index contributed by atoms with van der Waals surface area (Å²) in [7, 11) is 1.47. The van der Waals surface area contributed by atoms with Crippen molar-refractivity contribution >= 4 is 41.3 Å². The van der Waals surface area contributed by atoms with Crippen molar-refractivity contribution in [3.05, 3.63) is 47.0 Å². The van der Waals surface area contributed by atoms with Gasteiger partial charge in [0.15, 0.2) is 29.6 Å². The van der Waals surface area contributed by atoms with Gasteiger partial charge in [0.2, 0.25) is 0 Å². The number of fused-ring (bicyclic) bond motifs is 1. The number of hydrogen-bond donors (Lipinski definition) is 2. The minimum Gasteiger partial charge on any atom is -0.491 e. The quantitative estimate of drug-likeness (QED) is 0.426. The molecule has 2 N–H and O–H groups in total. The summed E-state index contributed by atoms with van der Waals surface area (Å²) >= 11 is 6.17. The Labute approximate surface area is 200 Å². The molecule has 1 heterocycles. The zero-order valence-corrected chi connectivity index (χ0v) is 19.3. The molecule has 34 heavy (non-hydrogen) atoms. The van der Waals surface area contributed by atoms with Gasteiger partial charge in [0.05, 0.1) is 18.7 Å². The van der Waals surface area contributed by atoms with Crippen LogP contribution in [0.25, 0.3) is 6.08 Å². The molecule has 0 atom stereocenters. The van der Waals surface area contributed by atoms with Crippen molar-refractivity contribution < 1.29 is 38.1 Å². The maximum Gasteiger partial charge on any atom is 0.331 e. The number of anilines is 1. The Bertz CT molecular complexity index is 1100. The monoisotopic (exact) mass is 490 g/mol. The van der Waals surface area contributed by atoms with Crippen LogP contribution in [0.5, 0.6) is 23.0 Å². The molecule has 0 radical (unpaired) electrons. The number of urea groups is 1. The molecule has 3 amide bonds.